The number of fused-ring (bicyclic) bond motifs is 3. The van der Waals surface area contributed by atoms with Crippen LogP contribution in [0.25, 0.3) is 0 Å². The average molecular weight is 253 g/mol. The molecule has 0 radical (unpaired) electrons. The van der Waals surface area contributed by atoms with Crippen molar-refractivity contribution in [2.24, 2.45) is 5.41 Å². The lowest BCUT2D eigenvalue weighted by molar-refractivity contribution is -0.477. The molecule has 3 saturated heterocycles. The number of hydrogen-bond donors (Lipinski definition) is 1. The van der Waals surface area contributed by atoms with Crippen LogP contribution in [-0.4, -0.2) is 37.1 Å². The predicted octanol–water partition coefficient (Wildman–Crippen LogP) is 0.261. The SMILES string of the molecule is COc1nncc(C23OCC(C)(CO2)CO3)c1N. The van der Waals surface area contributed by atoms with Crippen LogP contribution in [0.4, 0.5) is 5.69 Å². The largest absolute Gasteiger partial charge is 0.478 e. The van der Waals surface area contributed by atoms with E-state index in [1.807, 2.05) is 6.92 Å². The number of rotatable bonds is 2. The van der Waals surface area contributed by atoms with Crippen LogP contribution in [0.15, 0.2) is 6.20 Å². The minimum Gasteiger partial charge on any atom is -0.478 e. The molecule has 2 N–H and O–H groups in total. The van der Waals surface area contributed by atoms with E-state index >= 15 is 0 Å². The molecular formula is C11H15N3O4. The Bertz CT molecular complexity index is 455. The summed E-state index contributed by atoms with van der Waals surface area (Å²) in [6.45, 7) is 3.70. The fourth-order valence-corrected chi connectivity index (χ4v) is 2.06. The summed E-state index contributed by atoms with van der Waals surface area (Å²) in [6, 6.07) is 0. The summed E-state index contributed by atoms with van der Waals surface area (Å²) in [5, 5.41) is 7.60. The van der Waals surface area contributed by atoms with Crippen molar-refractivity contribution in [3.8, 4) is 5.88 Å². The van der Waals surface area contributed by atoms with Crippen molar-refractivity contribution in [1.82, 2.24) is 10.2 Å². The molecule has 0 amide bonds. The predicted molar refractivity (Wildman–Crippen MR) is 60.6 cm³/mol. The molecule has 3 aliphatic rings. The quantitative estimate of drug-likeness (QED) is 0.808. The van der Waals surface area contributed by atoms with Crippen molar-refractivity contribution in [2.75, 3.05) is 32.7 Å². The number of hydrogen-bond acceptors (Lipinski definition) is 7. The topological polar surface area (TPSA) is 88.7 Å². The Labute approximate surface area is 104 Å². The van der Waals surface area contributed by atoms with Gasteiger partial charge in [-0.15, -0.1) is 5.10 Å². The lowest BCUT2D eigenvalue weighted by atomic mass is 9.91. The molecular weight excluding hydrogens is 238 g/mol. The van der Waals surface area contributed by atoms with Gasteiger partial charge < -0.3 is 24.7 Å². The van der Waals surface area contributed by atoms with Crippen LogP contribution in [0.2, 0.25) is 0 Å². The van der Waals surface area contributed by atoms with Gasteiger partial charge in [-0.2, -0.15) is 5.10 Å². The first-order chi connectivity index (χ1) is 8.59. The molecule has 0 atom stereocenters. The van der Waals surface area contributed by atoms with Gasteiger partial charge in [0.2, 0.25) is 0 Å². The standard InChI is InChI=1S/C11H15N3O4/c1-10-4-16-11(17-5-10,18-6-10)7-3-13-14-9(15-2)8(7)12/h3H,4-6H2,1-2H3,(H2,12,13). The molecule has 3 fully saturated rings. The third-order valence-corrected chi connectivity index (χ3v) is 3.21. The smallest absolute Gasteiger partial charge is 0.315 e. The van der Waals surface area contributed by atoms with E-state index in [2.05, 4.69) is 10.2 Å². The normalized spacial score (nSPS) is 34.6. The van der Waals surface area contributed by atoms with Crippen molar-refractivity contribution in [2.45, 2.75) is 12.9 Å². The van der Waals surface area contributed by atoms with E-state index in [0.29, 0.717) is 31.1 Å². The van der Waals surface area contributed by atoms with Crippen LogP contribution in [0.3, 0.4) is 0 Å². The lowest BCUT2D eigenvalue weighted by Crippen LogP contribution is -2.57. The summed E-state index contributed by atoms with van der Waals surface area (Å²) in [5.74, 6) is -1.04. The first-order valence-electron chi connectivity index (χ1n) is 5.66. The van der Waals surface area contributed by atoms with Crippen molar-refractivity contribution in [3.63, 3.8) is 0 Å². The number of nitrogens with two attached hydrogens (primary N) is 1. The Morgan fingerprint density at radius 3 is 2.44 bits per heavy atom. The minimum absolute atomic E-state index is 0.0962. The molecule has 1 aromatic rings. The number of aromatic nitrogens is 2. The molecule has 7 heteroatoms. The fraction of sp³-hybridized carbons (Fsp3) is 0.636. The minimum atomic E-state index is -1.27. The molecule has 18 heavy (non-hydrogen) atoms. The zero-order chi connectivity index (χ0) is 12.8. The van der Waals surface area contributed by atoms with Crippen LogP contribution >= 0.6 is 0 Å². The van der Waals surface area contributed by atoms with Crippen LogP contribution < -0.4 is 10.5 Å². The fourth-order valence-electron chi connectivity index (χ4n) is 2.06. The lowest BCUT2D eigenvalue weighted by Gasteiger charge is -2.50. The van der Waals surface area contributed by atoms with Crippen LogP contribution in [0, 0.1) is 5.41 Å². The second-order valence-electron chi connectivity index (χ2n) is 4.91. The van der Waals surface area contributed by atoms with E-state index in [1.54, 1.807) is 0 Å². The highest BCUT2D eigenvalue weighted by Crippen LogP contribution is 2.46. The molecule has 0 spiro atoms. The molecule has 2 bridgehead atoms. The Balaban J connectivity index is 2.00. The second-order valence-corrected chi connectivity index (χ2v) is 4.91. The van der Waals surface area contributed by atoms with E-state index < -0.39 is 5.97 Å². The highest BCUT2D eigenvalue weighted by atomic mass is 16.9. The third-order valence-electron chi connectivity index (χ3n) is 3.21. The van der Waals surface area contributed by atoms with Gasteiger partial charge in [0.1, 0.15) is 5.69 Å². The van der Waals surface area contributed by atoms with Crippen LogP contribution in [0.5, 0.6) is 5.88 Å². The van der Waals surface area contributed by atoms with Gasteiger partial charge in [0.05, 0.1) is 38.7 Å². The number of methoxy groups -OCH3 is 1. The van der Waals surface area contributed by atoms with Gasteiger partial charge in [0.25, 0.3) is 5.88 Å². The summed E-state index contributed by atoms with van der Waals surface area (Å²) in [5.41, 5.74) is 6.69. The first kappa shape index (κ1) is 11.6. The monoisotopic (exact) mass is 253 g/mol. The highest BCUT2D eigenvalue weighted by molar-refractivity contribution is 5.54. The summed E-state index contributed by atoms with van der Waals surface area (Å²) in [4.78, 5) is 0. The number of nitrogens with zero attached hydrogens (tertiary/aromatic N) is 2. The molecule has 7 nitrogen and oxygen atoms in total. The van der Waals surface area contributed by atoms with Gasteiger partial charge >= 0.3 is 5.97 Å². The second kappa shape index (κ2) is 3.78. The Kier molecular flexibility index (Phi) is 2.44. The maximum Gasteiger partial charge on any atom is 0.315 e. The molecule has 3 aliphatic heterocycles. The van der Waals surface area contributed by atoms with Crippen molar-refractivity contribution in [3.05, 3.63) is 11.8 Å². The zero-order valence-corrected chi connectivity index (χ0v) is 10.3. The van der Waals surface area contributed by atoms with Gasteiger partial charge in [-0.05, 0) is 0 Å². The summed E-state index contributed by atoms with van der Waals surface area (Å²) in [7, 11) is 1.48. The van der Waals surface area contributed by atoms with E-state index in [1.165, 1.54) is 13.3 Å². The summed E-state index contributed by atoms with van der Waals surface area (Å²) in [6.07, 6.45) is 1.48. The van der Waals surface area contributed by atoms with Crippen LogP contribution in [0.1, 0.15) is 12.5 Å². The van der Waals surface area contributed by atoms with Gasteiger partial charge in [-0.25, -0.2) is 0 Å². The first-order valence-corrected chi connectivity index (χ1v) is 5.66. The Morgan fingerprint density at radius 2 is 1.89 bits per heavy atom. The van der Waals surface area contributed by atoms with Crippen LogP contribution in [-0.2, 0) is 20.2 Å². The molecule has 4 heterocycles. The van der Waals surface area contributed by atoms with E-state index in [9.17, 15) is 0 Å². The molecule has 0 aliphatic carbocycles. The molecule has 0 unspecified atom stereocenters. The number of nitrogen functional groups attached to an aromatic ring is 1. The van der Waals surface area contributed by atoms with Crippen molar-refractivity contribution in [1.29, 1.82) is 0 Å². The molecule has 1 aromatic heterocycles. The maximum atomic E-state index is 5.97. The summed E-state index contributed by atoms with van der Waals surface area (Å²) >= 11 is 0. The third kappa shape index (κ3) is 1.55. The van der Waals surface area contributed by atoms with Crippen molar-refractivity contribution < 1.29 is 18.9 Å². The van der Waals surface area contributed by atoms with E-state index in [-0.39, 0.29) is 11.3 Å². The van der Waals surface area contributed by atoms with Gasteiger partial charge in [0.15, 0.2) is 0 Å². The average Bonchev–Trinajstić information content (AvgIpc) is 2.40. The van der Waals surface area contributed by atoms with Gasteiger partial charge in [-0.1, -0.05) is 6.92 Å². The van der Waals surface area contributed by atoms with E-state index in [4.69, 9.17) is 24.7 Å². The number of anilines is 1. The van der Waals surface area contributed by atoms with E-state index in [0.717, 1.165) is 0 Å². The number of ether oxygens (including phenoxy) is 4. The molecule has 0 saturated carbocycles. The molecule has 4 rings (SSSR count). The summed E-state index contributed by atoms with van der Waals surface area (Å²) < 4.78 is 22.1. The molecule has 98 valence electrons. The maximum absolute atomic E-state index is 5.97. The van der Waals surface area contributed by atoms with Gasteiger partial charge in [-0.3, -0.25) is 0 Å². The highest BCUT2D eigenvalue weighted by Gasteiger charge is 2.53. The zero-order valence-electron chi connectivity index (χ0n) is 10.3. The van der Waals surface area contributed by atoms with Gasteiger partial charge in [0, 0.05) is 5.41 Å². The molecule has 0 aromatic carbocycles. The Morgan fingerprint density at radius 1 is 1.28 bits per heavy atom. The Hall–Kier alpha value is -1.44. The van der Waals surface area contributed by atoms with Crippen molar-refractivity contribution >= 4 is 5.69 Å².